The predicted octanol–water partition coefficient (Wildman–Crippen LogP) is 3.26. The van der Waals surface area contributed by atoms with Crippen LogP contribution in [0.5, 0.6) is 5.75 Å². The first-order valence-electron chi connectivity index (χ1n) is 6.71. The molecule has 0 unspecified atom stereocenters. The van der Waals surface area contributed by atoms with Gasteiger partial charge in [-0.05, 0) is 24.6 Å². The quantitative estimate of drug-likeness (QED) is 0.414. The Labute approximate surface area is 130 Å². The molecule has 0 aliphatic heterocycles. The number of hydrogen-bond donors (Lipinski definition) is 0. The zero-order chi connectivity index (χ0) is 16.6. The fourth-order valence-electron chi connectivity index (χ4n) is 1.84. The maximum atomic E-state index is 12.4. The number of hydrogen-bond acceptors (Lipinski definition) is 6. The Hall–Kier alpha value is -1.62. The van der Waals surface area contributed by atoms with E-state index in [-0.39, 0.29) is 6.16 Å². The molecule has 122 valence electrons. The number of ether oxygens (including phenoxy) is 2. The largest absolute Gasteiger partial charge is 0.496 e. The van der Waals surface area contributed by atoms with Crippen LogP contribution in [0.1, 0.15) is 18.1 Å². The molecule has 0 heterocycles. The van der Waals surface area contributed by atoms with Crippen molar-refractivity contribution in [2.24, 2.45) is 0 Å². The molecule has 0 spiro atoms. The Morgan fingerprint density at radius 1 is 1.23 bits per heavy atom. The summed E-state index contributed by atoms with van der Waals surface area (Å²) in [5, 5.41) is 0. The normalized spacial score (nSPS) is 11.6. The summed E-state index contributed by atoms with van der Waals surface area (Å²) in [6, 6.07) is 5.30. The van der Waals surface area contributed by atoms with Crippen molar-refractivity contribution in [2.45, 2.75) is 13.1 Å². The van der Waals surface area contributed by atoms with Crippen molar-refractivity contribution in [1.82, 2.24) is 0 Å². The third-order valence-electron chi connectivity index (χ3n) is 2.98. The Balaban J connectivity index is 3.18. The Morgan fingerprint density at radius 3 is 2.45 bits per heavy atom. The van der Waals surface area contributed by atoms with Gasteiger partial charge in [-0.25, -0.2) is 4.79 Å². The summed E-state index contributed by atoms with van der Waals surface area (Å²) in [6.45, 7) is 2.03. The van der Waals surface area contributed by atoms with Crippen LogP contribution in [0, 0.1) is 0 Å². The number of methoxy groups -OCH3 is 1. The lowest BCUT2D eigenvalue weighted by atomic mass is 10.1. The molecule has 1 aromatic carbocycles. The first kappa shape index (κ1) is 18.4. The third-order valence-corrected chi connectivity index (χ3v) is 4.80. The highest BCUT2D eigenvalue weighted by atomic mass is 31.2. The summed E-state index contributed by atoms with van der Waals surface area (Å²) in [5.41, 5.74) is 1.32. The Kier molecular flexibility index (Phi) is 7.32. The van der Waals surface area contributed by atoms with Crippen LogP contribution < -0.4 is 4.74 Å². The van der Waals surface area contributed by atoms with Crippen molar-refractivity contribution in [1.29, 1.82) is 0 Å². The van der Waals surface area contributed by atoms with Crippen LogP contribution in [0.3, 0.4) is 0 Å². The van der Waals surface area contributed by atoms with Crippen LogP contribution in [0.15, 0.2) is 24.3 Å². The maximum absolute atomic E-state index is 12.4. The van der Waals surface area contributed by atoms with Crippen molar-refractivity contribution in [3.05, 3.63) is 35.4 Å². The summed E-state index contributed by atoms with van der Waals surface area (Å²) < 4.78 is 32.4. The van der Waals surface area contributed by atoms with E-state index in [1.54, 1.807) is 31.2 Å². The van der Waals surface area contributed by atoms with Gasteiger partial charge >= 0.3 is 13.6 Å². The Morgan fingerprint density at radius 2 is 1.91 bits per heavy atom. The van der Waals surface area contributed by atoms with E-state index in [9.17, 15) is 9.36 Å². The van der Waals surface area contributed by atoms with E-state index in [1.807, 2.05) is 0 Å². The molecule has 0 saturated heterocycles. The van der Waals surface area contributed by atoms with Crippen LogP contribution in [0.4, 0.5) is 0 Å². The molecule has 0 saturated carbocycles. The van der Waals surface area contributed by atoms with E-state index in [1.165, 1.54) is 27.4 Å². The van der Waals surface area contributed by atoms with E-state index in [0.29, 0.717) is 23.5 Å². The van der Waals surface area contributed by atoms with Crippen LogP contribution >= 0.6 is 7.60 Å². The second kappa shape index (κ2) is 8.73. The van der Waals surface area contributed by atoms with E-state index in [2.05, 4.69) is 0 Å². The molecule has 0 aromatic heterocycles. The zero-order valence-corrected chi connectivity index (χ0v) is 14.1. The average Bonchev–Trinajstić information content (AvgIpc) is 2.53. The lowest BCUT2D eigenvalue weighted by Gasteiger charge is -2.17. The topological polar surface area (TPSA) is 71.1 Å². The van der Waals surface area contributed by atoms with Crippen LogP contribution in [-0.4, -0.2) is 33.9 Å². The summed E-state index contributed by atoms with van der Waals surface area (Å²) in [4.78, 5) is 11.4. The zero-order valence-electron chi connectivity index (χ0n) is 13.2. The molecular formula is C15H21O6P. The Bertz CT molecular complexity index is 573. The monoisotopic (exact) mass is 328 g/mol. The molecule has 6 nitrogen and oxygen atoms in total. The lowest BCUT2D eigenvalue weighted by molar-refractivity contribution is -0.137. The van der Waals surface area contributed by atoms with Gasteiger partial charge in [0.15, 0.2) is 0 Å². The van der Waals surface area contributed by atoms with Gasteiger partial charge in [-0.3, -0.25) is 4.57 Å². The lowest BCUT2D eigenvalue weighted by Crippen LogP contribution is -2.01. The highest BCUT2D eigenvalue weighted by Gasteiger charge is 2.25. The number of carbonyl (C=O) groups is 1. The summed E-state index contributed by atoms with van der Waals surface area (Å²) in [5.74, 6) is 0.0956. The second-order valence-corrected chi connectivity index (χ2v) is 6.52. The van der Waals surface area contributed by atoms with Gasteiger partial charge in [0.25, 0.3) is 0 Å². The molecule has 1 aromatic rings. The minimum Gasteiger partial charge on any atom is -0.496 e. The standard InChI is InChI=1S/C15H21O6P/c1-5-21-15(16)10-9-12-7-6-8-14(18-2)13(12)11-22(17,19-3)20-4/h6-10H,5,11H2,1-4H3/b10-9+. The van der Waals surface area contributed by atoms with Gasteiger partial charge in [0.05, 0.1) is 19.9 Å². The highest BCUT2D eigenvalue weighted by molar-refractivity contribution is 7.52. The minimum atomic E-state index is -3.26. The van der Waals surface area contributed by atoms with Gasteiger partial charge in [0.1, 0.15) is 5.75 Å². The van der Waals surface area contributed by atoms with Gasteiger partial charge in [0.2, 0.25) is 0 Å². The van der Waals surface area contributed by atoms with Crippen LogP contribution in [0.2, 0.25) is 0 Å². The van der Waals surface area contributed by atoms with Gasteiger partial charge < -0.3 is 18.5 Å². The van der Waals surface area contributed by atoms with Crippen molar-refractivity contribution in [3.63, 3.8) is 0 Å². The molecular weight excluding hydrogens is 307 g/mol. The van der Waals surface area contributed by atoms with Gasteiger partial charge in [-0.1, -0.05) is 12.1 Å². The first-order valence-corrected chi connectivity index (χ1v) is 8.43. The number of carbonyl (C=O) groups excluding carboxylic acids is 1. The number of esters is 1. The van der Waals surface area contributed by atoms with Crippen molar-refractivity contribution in [3.8, 4) is 5.75 Å². The van der Waals surface area contributed by atoms with Gasteiger partial charge in [-0.2, -0.15) is 0 Å². The molecule has 1 rings (SSSR count). The van der Waals surface area contributed by atoms with E-state index >= 15 is 0 Å². The summed E-state index contributed by atoms with van der Waals surface area (Å²) >= 11 is 0. The summed E-state index contributed by atoms with van der Waals surface area (Å²) in [7, 11) is 0.910. The van der Waals surface area contributed by atoms with Crippen LogP contribution in [0.25, 0.3) is 6.08 Å². The number of rotatable bonds is 8. The van der Waals surface area contributed by atoms with Gasteiger partial charge in [0, 0.05) is 25.9 Å². The maximum Gasteiger partial charge on any atom is 0.334 e. The molecule has 0 N–H and O–H groups in total. The molecule has 0 amide bonds. The van der Waals surface area contributed by atoms with Crippen LogP contribution in [-0.2, 0) is 29.3 Å². The number of benzene rings is 1. The average molecular weight is 328 g/mol. The SMILES string of the molecule is CCOC(=O)/C=C/c1cccc(OC)c1CP(=O)(OC)OC. The molecule has 0 aliphatic carbocycles. The molecule has 7 heteroatoms. The van der Waals surface area contributed by atoms with E-state index in [4.69, 9.17) is 18.5 Å². The smallest absolute Gasteiger partial charge is 0.334 e. The molecule has 0 aliphatic rings. The first-order chi connectivity index (χ1) is 10.5. The molecule has 0 atom stereocenters. The van der Waals surface area contributed by atoms with E-state index in [0.717, 1.165) is 0 Å². The summed E-state index contributed by atoms with van der Waals surface area (Å²) in [6.07, 6.45) is 2.93. The highest BCUT2D eigenvalue weighted by Crippen LogP contribution is 2.51. The third kappa shape index (κ3) is 4.98. The molecule has 0 bridgehead atoms. The molecule has 0 fully saturated rings. The van der Waals surface area contributed by atoms with Crippen molar-refractivity contribution >= 4 is 19.6 Å². The second-order valence-electron chi connectivity index (χ2n) is 4.25. The molecule has 0 radical (unpaired) electrons. The van der Waals surface area contributed by atoms with Crippen molar-refractivity contribution in [2.75, 3.05) is 27.9 Å². The van der Waals surface area contributed by atoms with Crippen molar-refractivity contribution < 1.29 is 27.9 Å². The molecule has 22 heavy (non-hydrogen) atoms. The predicted molar refractivity (Wildman–Crippen MR) is 84.0 cm³/mol. The van der Waals surface area contributed by atoms with E-state index < -0.39 is 13.6 Å². The minimum absolute atomic E-state index is 0.0342. The fourth-order valence-corrected chi connectivity index (χ4v) is 2.98. The van der Waals surface area contributed by atoms with Gasteiger partial charge in [-0.15, -0.1) is 0 Å². The fraction of sp³-hybridized carbons (Fsp3) is 0.400.